The number of unbranched alkanes of at least 4 members (excludes halogenated alkanes) is 1. The number of rotatable bonds is 10. The number of nitrogens with zero attached hydrogens (tertiary/aromatic N) is 2. The number of imidazole rings is 1. The minimum absolute atomic E-state index is 0.651. The number of carboxylic acids is 1. The molecule has 0 saturated carbocycles. The molecule has 20 heavy (non-hydrogen) atoms. The Hall–Kier alpha value is -1.36. The second kappa shape index (κ2) is 8.04. The van der Waals surface area contributed by atoms with Gasteiger partial charge in [0.15, 0.2) is 0 Å². The van der Waals surface area contributed by atoms with Gasteiger partial charge in [-0.05, 0) is 39.2 Å². The summed E-state index contributed by atoms with van der Waals surface area (Å²) in [6.07, 6.45) is 8.20. The van der Waals surface area contributed by atoms with Gasteiger partial charge in [-0.25, -0.2) is 4.98 Å². The second-order valence-electron chi connectivity index (χ2n) is 5.41. The molecule has 0 fully saturated rings. The van der Waals surface area contributed by atoms with Crippen LogP contribution in [0.15, 0.2) is 12.4 Å². The molecular formula is C15H27N3O2. The lowest BCUT2D eigenvalue weighted by molar-refractivity contribution is -0.144. The van der Waals surface area contributed by atoms with E-state index in [-0.39, 0.29) is 0 Å². The average molecular weight is 281 g/mol. The van der Waals surface area contributed by atoms with E-state index in [1.165, 1.54) is 0 Å². The summed E-state index contributed by atoms with van der Waals surface area (Å²) in [4.78, 5) is 15.7. The van der Waals surface area contributed by atoms with Gasteiger partial charge in [0.1, 0.15) is 11.4 Å². The number of aliphatic carboxylic acids is 1. The second-order valence-corrected chi connectivity index (χ2v) is 5.41. The maximum absolute atomic E-state index is 11.4. The Kier molecular flexibility index (Phi) is 6.71. The van der Waals surface area contributed by atoms with E-state index in [1.807, 2.05) is 19.3 Å². The van der Waals surface area contributed by atoms with Gasteiger partial charge in [0.2, 0.25) is 0 Å². The first-order valence-corrected chi connectivity index (χ1v) is 7.52. The van der Waals surface area contributed by atoms with Crippen LogP contribution in [0.5, 0.6) is 0 Å². The van der Waals surface area contributed by atoms with Crippen molar-refractivity contribution in [3.63, 3.8) is 0 Å². The number of aromatic nitrogens is 2. The molecule has 1 unspecified atom stereocenters. The summed E-state index contributed by atoms with van der Waals surface area (Å²) < 4.78 is 2.15. The van der Waals surface area contributed by atoms with E-state index in [2.05, 4.69) is 21.8 Å². The highest BCUT2D eigenvalue weighted by Crippen LogP contribution is 2.15. The van der Waals surface area contributed by atoms with Crippen LogP contribution in [0.1, 0.15) is 52.3 Å². The average Bonchev–Trinajstić information content (AvgIpc) is 2.88. The van der Waals surface area contributed by atoms with Crippen molar-refractivity contribution in [3.05, 3.63) is 18.2 Å². The number of aryl methyl sites for hydroxylation is 2. The van der Waals surface area contributed by atoms with Gasteiger partial charge in [-0.15, -0.1) is 0 Å². The third kappa shape index (κ3) is 4.63. The van der Waals surface area contributed by atoms with Crippen LogP contribution in [-0.2, 0) is 17.8 Å². The normalized spacial score (nSPS) is 14.2. The first-order valence-electron chi connectivity index (χ1n) is 7.52. The first kappa shape index (κ1) is 16.7. The minimum atomic E-state index is -0.807. The van der Waals surface area contributed by atoms with Crippen molar-refractivity contribution >= 4 is 5.97 Å². The zero-order valence-electron chi connectivity index (χ0n) is 12.9. The lowest BCUT2D eigenvalue weighted by Gasteiger charge is -2.26. The fourth-order valence-corrected chi connectivity index (χ4v) is 2.29. The van der Waals surface area contributed by atoms with Crippen molar-refractivity contribution in [1.29, 1.82) is 0 Å². The minimum Gasteiger partial charge on any atom is -0.480 e. The molecule has 0 aliphatic heterocycles. The Morgan fingerprint density at radius 3 is 2.80 bits per heavy atom. The summed E-state index contributed by atoms with van der Waals surface area (Å²) in [7, 11) is 0. The topological polar surface area (TPSA) is 67.2 Å². The summed E-state index contributed by atoms with van der Waals surface area (Å²) >= 11 is 0. The monoisotopic (exact) mass is 281 g/mol. The Morgan fingerprint density at radius 1 is 1.45 bits per heavy atom. The van der Waals surface area contributed by atoms with Gasteiger partial charge in [0.05, 0.1) is 0 Å². The fraction of sp³-hybridized carbons (Fsp3) is 0.733. The number of nitrogens with one attached hydrogen (secondary N) is 1. The third-order valence-corrected chi connectivity index (χ3v) is 3.68. The van der Waals surface area contributed by atoms with E-state index in [4.69, 9.17) is 0 Å². The van der Waals surface area contributed by atoms with Crippen LogP contribution in [0.25, 0.3) is 0 Å². The Labute approximate surface area is 121 Å². The number of carbonyl (C=O) groups is 1. The van der Waals surface area contributed by atoms with Crippen LogP contribution in [0.2, 0.25) is 0 Å². The molecule has 0 aliphatic carbocycles. The summed E-state index contributed by atoms with van der Waals surface area (Å²) in [5.41, 5.74) is -0.807. The Balaban J connectivity index is 2.39. The Bertz CT molecular complexity index is 417. The van der Waals surface area contributed by atoms with Crippen molar-refractivity contribution in [2.45, 2.75) is 65.0 Å². The smallest absolute Gasteiger partial charge is 0.323 e. The summed E-state index contributed by atoms with van der Waals surface area (Å²) in [5.74, 6) is 0.331. The number of hydrogen-bond acceptors (Lipinski definition) is 3. The van der Waals surface area contributed by atoms with Crippen molar-refractivity contribution in [1.82, 2.24) is 14.9 Å². The van der Waals surface area contributed by atoms with Gasteiger partial charge in [0.25, 0.3) is 0 Å². The van der Waals surface area contributed by atoms with Gasteiger partial charge >= 0.3 is 5.97 Å². The van der Waals surface area contributed by atoms with Crippen molar-refractivity contribution in [2.24, 2.45) is 0 Å². The van der Waals surface area contributed by atoms with Crippen LogP contribution in [0.4, 0.5) is 0 Å². The highest BCUT2D eigenvalue weighted by Gasteiger charge is 2.31. The van der Waals surface area contributed by atoms with E-state index in [0.29, 0.717) is 6.42 Å². The molecule has 1 heterocycles. The van der Waals surface area contributed by atoms with Gasteiger partial charge in [-0.1, -0.05) is 13.8 Å². The maximum atomic E-state index is 11.4. The number of hydrogen-bond donors (Lipinski definition) is 2. The SMILES string of the molecule is CCCNC(C)(CCCCn1ccnc1CC)C(=O)O. The zero-order valence-corrected chi connectivity index (χ0v) is 12.9. The summed E-state index contributed by atoms with van der Waals surface area (Å²) in [6.45, 7) is 7.56. The molecule has 1 rings (SSSR count). The molecule has 0 amide bonds. The molecule has 0 aliphatic rings. The quantitative estimate of drug-likeness (QED) is 0.646. The van der Waals surface area contributed by atoms with Gasteiger partial charge < -0.3 is 15.0 Å². The van der Waals surface area contributed by atoms with Gasteiger partial charge in [0, 0.05) is 25.4 Å². The lowest BCUT2D eigenvalue weighted by atomic mass is 9.94. The zero-order chi connectivity index (χ0) is 15.0. The highest BCUT2D eigenvalue weighted by atomic mass is 16.4. The third-order valence-electron chi connectivity index (χ3n) is 3.68. The van der Waals surface area contributed by atoms with Crippen LogP contribution in [0, 0.1) is 0 Å². The molecule has 1 atom stereocenters. The molecule has 0 saturated heterocycles. The lowest BCUT2D eigenvalue weighted by Crippen LogP contribution is -2.49. The molecule has 5 nitrogen and oxygen atoms in total. The molecule has 114 valence electrons. The number of carboxylic acid groups (broad SMARTS) is 1. The molecule has 0 spiro atoms. The molecule has 1 aromatic heterocycles. The molecule has 0 aromatic carbocycles. The van der Waals surface area contributed by atoms with Gasteiger partial charge in [-0.2, -0.15) is 0 Å². The molecule has 5 heteroatoms. The predicted molar refractivity (Wildman–Crippen MR) is 79.8 cm³/mol. The van der Waals surface area contributed by atoms with Crippen molar-refractivity contribution in [3.8, 4) is 0 Å². The van der Waals surface area contributed by atoms with Crippen LogP contribution in [0.3, 0.4) is 0 Å². The van der Waals surface area contributed by atoms with E-state index >= 15 is 0 Å². The first-order chi connectivity index (χ1) is 9.53. The van der Waals surface area contributed by atoms with E-state index in [1.54, 1.807) is 6.92 Å². The van der Waals surface area contributed by atoms with Crippen molar-refractivity contribution in [2.75, 3.05) is 6.54 Å². The van der Waals surface area contributed by atoms with Crippen LogP contribution in [-0.4, -0.2) is 32.7 Å². The standard InChI is InChI=1S/C15H27N3O2/c1-4-9-17-15(3,14(19)20)8-6-7-11-18-12-10-16-13(18)5-2/h10,12,17H,4-9,11H2,1-3H3,(H,19,20). The molecular weight excluding hydrogens is 254 g/mol. The van der Waals surface area contributed by atoms with Crippen molar-refractivity contribution < 1.29 is 9.90 Å². The van der Waals surface area contributed by atoms with Crippen LogP contribution < -0.4 is 5.32 Å². The highest BCUT2D eigenvalue weighted by molar-refractivity contribution is 5.78. The summed E-state index contributed by atoms with van der Waals surface area (Å²) in [5, 5.41) is 12.5. The van der Waals surface area contributed by atoms with E-state index < -0.39 is 11.5 Å². The van der Waals surface area contributed by atoms with E-state index in [9.17, 15) is 9.90 Å². The fourth-order valence-electron chi connectivity index (χ4n) is 2.29. The molecule has 2 N–H and O–H groups in total. The molecule has 0 bridgehead atoms. The predicted octanol–water partition coefficient (Wildman–Crippen LogP) is 2.46. The molecule has 1 aromatic rings. The largest absolute Gasteiger partial charge is 0.480 e. The van der Waals surface area contributed by atoms with Crippen LogP contribution >= 0.6 is 0 Å². The summed E-state index contributed by atoms with van der Waals surface area (Å²) in [6, 6.07) is 0. The Morgan fingerprint density at radius 2 is 2.20 bits per heavy atom. The van der Waals surface area contributed by atoms with Gasteiger partial charge in [-0.3, -0.25) is 4.79 Å². The molecule has 0 radical (unpaired) electrons. The van der Waals surface area contributed by atoms with E-state index in [0.717, 1.165) is 44.6 Å². The maximum Gasteiger partial charge on any atom is 0.323 e.